The van der Waals surface area contributed by atoms with E-state index in [1.54, 1.807) is 24.1 Å². The van der Waals surface area contributed by atoms with Crippen molar-refractivity contribution in [2.75, 3.05) is 25.6 Å². The van der Waals surface area contributed by atoms with Crippen LogP contribution in [0.15, 0.2) is 95.2 Å². The Kier molecular flexibility index (Phi) is 10.7. The molecule has 0 bridgehead atoms. The molecule has 0 spiro atoms. The van der Waals surface area contributed by atoms with Gasteiger partial charge in [-0.25, -0.2) is 0 Å². The molecule has 0 radical (unpaired) electrons. The van der Waals surface area contributed by atoms with Gasteiger partial charge in [-0.1, -0.05) is 42.0 Å². The minimum absolute atomic E-state index is 0.0188. The van der Waals surface area contributed by atoms with Crippen molar-refractivity contribution in [1.82, 2.24) is 9.80 Å². The molecular formula is C48H51N5O5. The highest BCUT2D eigenvalue weighted by molar-refractivity contribution is 6.06. The van der Waals surface area contributed by atoms with Gasteiger partial charge in [-0.2, -0.15) is 0 Å². The summed E-state index contributed by atoms with van der Waals surface area (Å²) in [5.41, 5.74) is 9.87. The Morgan fingerprint density at radius 3 is 1.74 bits per heavy atom. The maximum atomic E-state index is 13.8. The van der Waals surface area contributed by atoms with Crippen LogP contribution in [0.1, 0.15) is 95.8 Å². The van der Waals surface area contributed by atoms with Crippen LogP contribution >= 0.6 is 0 Å². The quantitative estimate of drug-likeness (QED) is 0.144. The normalized spacial score (nSPS) is 18.1. The van der Waals surface area contributed by atoms with Crippen LogP contribution in [0.4, 0.5) is 17.1 Å². The van der Waals surface area contributed by atoms with Gasteiger partial charge in [0.2, 0.25) is 0 Å². The molecule has 0 aromatic heterocycles. The molecule has 4 aliphatic rings. The Morgan fingerprint density at radius 1 is 0.672 bits per heavy atom. The van der Waals surface area contributed by atoms with E-state index < -0.39 is 0 Å². The van der Waals surface area contributed by atoms with E-state index in [4.69, 9.17) is 24.2 Å². The molecule has 10 heteroatoms. The molecule has 10 nitrogen and oxygen atoms in total. The summed E-state index contributed by atoms with van der Waals surface area (Å²) in [6, 6.07) is 23.8. The second-order valence-electron chi connectivity index (χ2n) is 16.6. The monoisotopic (exact) mass is 777 g/mol. The predicted octanol–water partition coefficient (Wildman–Crippen LogP) is 10.1. The van der Waals surface area contributed by atoms with E-state index in [1.807, 2.05) is 48.8 Å². The van der Waals surface area contributed by atoms with E-state index in [1.165, 1.54) is 5.56 Å². The zero-order valence-electron chi connectivity index (χ0n) is 34.2. The van der Waals surface area contributed by atoms with Crippen LogP contribution in [0.5, 0.6) is 17.2 Å². The first kappa shape index (κ1) is 38.7. The Morgan fingerprint density at radius 2 is 1.19 bits per heavy atom. The van der Waals surface area contributed by atoms with Crippen LogP contribution in [0.25, 0.3) is 11.1 Å². The molecule has 298 valence electrons. The number of nitrogens with one attached hydrogen (secondary N) is 1. The maximum absolute atomic E-state index is 13.8. The minimum Gasteiger partial charge on any atom is -0.493 e. The maximum Gasteiger partial charge on any atom is 0.260 e. The van der Waals surface area contributed by atoms with Crippen molar-refractivity contribution in [3.63, 3.8) is 0 Å². The van der Waals surface area contributed by atoms with Crippen molar-refractivity contribution in [3.8, 4) is 17.2 Å². The second-order valence-corrected chi connectivity index (χ2v) is 16.6. The number of carbonyl (C=O) groups is 2. The fraction of sp³-hybridized carbons (Fsp3) is 0.333. The average molecular weight is 778 g/mol. The van der Waals surface area contributed by atoms with Gasteiger partial charge in [0, 0.05) is 61.0 Å². The number of nitrogens with zero attached hydrogens (tertiary/aromatic N) is 4. The van der Waals surface area contributed by atoms with Gasteiger partial charge in [0.05, 0.1) is 54.9 Å². The summed E-state index contributed by atoms with van der Waals surface area (Å²) < 4.78 is 18.0. The fourth-order valence-corrected chi connectivity index (χ4v) is 7.87. The molecule has 0 fully saturated rings. The first-order valence-corrected chi connectivity index (χ1v) is 20.2. The van der Waals surface area contributed by atoms with Crippen LogP contribution in [0, 0.1) is 13.8 Å². The van der Waals surface area contributed by atoms with Crippen LogP contribution in [-0.4, -0.2) is 72.0 Å². The number of benzene rings is 4. The molecule has 2 amide bonds. The van der Waals surface area contributed by atoms with Crippen LogP contribution in [0.2, 0.25) is 0 Å². The smallest absolute Gasteiger partial charge is 0.260 e. The molecular weight excluding hydrogens is 727 g/mol. The summed E-state index contributed by atoms with van der Waals surface area (Å²) in [4.78, 5) is 40.6. The van der Waals surface area contributed by atoms with Gasteiger partial charge in [0.15, 0.2) is 11.5 Å². The highest BCUT2D eigenvalue weighted by Crippen LogP contribution is 2.41. The van der Waals surface area contributed by atoms with Gasteiger partial charge in [-0.15, -0.1) is 0 Å². The van der Waals surface area contributed by atoms with Gasteiger partial charge in [-0.05, 0) is 106 Å². The van der Waals surface area contributed by atoms with Gasteiger partial charge >= 0.3 is 0 Å². The Labute approximate surface area is 340 Å². The van der Waals surface area contributed by atoms with Crippen LogP contribution < -0.4 is 19.5 Å². The van der Waals surface area contributed by atoms with E-state index >= 15 is 0 Å². The second kappa shape index (κ2) is 16.0. The number of ether oxygens (including phenoxy) is 3. The number of unbranched alkanes of at least 4 members (excludes halogenated alkanes) is 2. The van der Waals surface area contributed by atoms with Crippen molar-refractivity contribution in [1.29, 1.82) is 0 Å². The largest absolute Gasteiger partial charge is 0.493 e. The third kappa shape index (κ3) is 8.14. The summed E-state index contributed by atoms with van der Waals surface area (Å²) in [7, 11) is 1.58. The first-order valence-electron chi connectivity index (χ1n) is 20.2. The van der Waals surface area contributed by atoms with Gasteiger partial charge in [-0.3, -0.25) is 19.6 Å². The minimum atomic E-state index is -0.145. The molecule has 4 heterocycles. The zero-order chi connectivity index (χ0) is 40.6. The number of hydrogen-bond acceptors (Lipinski definition) is 8. The van der Waals surface area contributed by atoms with Crippen molar-refractivity contribution < 1.29 is 23.8 Å². The molecule has 4 aromatic rings. The SMILES string of the molecule is COc1cc2c(cc1OCCCCCOc1cc3c(cc1C)C(=O)N1C=C(c4ccc(NC(C)(C)C)cc4)C[C@H]1C=N3)N=C[C@@H]1CC(c3ccc(C)cc3)=CN1C2=O. The summed E-state index contributed by atoms with van der Waals surface area (Å²) in [5, 5.41) is 3.50. The number of aliphatic imine (C=N–C) groups is 2. The number of rotatable bonds is 12. The lowest BCUT2D eigenvalue weighted by Gasteiger charge is -2.22. The average Bonchev–Trinajstić information content (AvgIpc) is 3.78. The first-order chi connectivity index (χ1) is 27.9. The van der Waals surface area contributed by atoms with Crippen molar-refractivity contribution in [3.05, 3.63) is 119 Å². The molecule has 4 aliphatic heterocycles. The molecule has 0 saturated carbocycles. The third-order valence-electron chi connectivity index (χ3n) is 10.9. The lowest BCUT2D eigenvalue weighted by Crippen LogP contribution is -2.32. The number of methoxy groups -OCH3 is 1. The number of hydrogen-bond donors (Lipinski definition) is 1. The third-order valence-corrected chi connectivity index (χ3v) is 10.9. The van der Waals surface area contributed by atoms with Crippen LogP contribution in [-0.2, 0) is 0 Å². The van der Waals surface area contributed by atoms with E-state index in [-0.39, 0.29) is 29.4 Å². The number of amides is 2. The lowest BCUT2D eigenvalue weighted by molar-refractivity contribution is 0.0809. The van der Waals surface area contributed by atoms with Crippen LogP contribution in [0.3, 0.4) is 0 Å². The molecule has 0 aliphatic carbocycles. The van der Waals surface area contributed by atoms with E-state index in [0.29, 0.717) is 60.1 Å². The summed E-state index contributed by atoms with van der Waals surface area (Å²) in [5.74, 6) is 1.64. The molecule has 8 rings (SSSR count). The van der Waals surface area contributed by atoms with Gasteiger partial charge in [0.25, 0.3) is 11.8 Å². The van der Waals surface area contributed by atoms with E-state index in [0.717, 1.165) is 58.5 Å². The number of fused-ring (bicyclic) bond motifs is 4. The lowest BCUT2D eigenvalue weighted by atomic mass is 10.0. The molecule has 4 aromatic carbocycles. The van der Waals surface area contributed by atoms with E-state index in [2.05, 4.69) is 81.5 Å². The molecule has 0 unspecified atom stereocenters. The fourth-order valence-electron chi connectivity index (χ4n) is 7.87. The van der Waals surface area contributed by atoms with Crippen molar-refractivity contribution in [2.24, 2.45) is 9.98 Å². The highest BCUT2D eigenvalue weighted by Gasteiger charge is 2.35. The molecule has 1 N–H and O–H groups in total. The zero-order valence-corrected chi connectivity index (χ0v) is 34.2. The van der Waals surface area contributed by atoms with Gasteiger partial charge in [0.1, 0.15) is 5.75 Å². The molecule has 58 heavy (non-hydrogen) atoms. The van der Waals surface area contributed by atoms with Crippen molar-refractivity contribution >= 4 is 52.5 Å². The standard InChI is InChI=1S/C48H51N5O5/c1-30-10-12-32(13-11-30)34-21-38-27-50-42-25-45(44(56-6)23-40(42)47(55)53(38)28-34)58-19-9-7-8-18-57-43-24-41-39(20-31(43)2)46(54)52-29-35(22-37(52)26-49-41)33-14-16-36(17-15-33)51-48(3,4)5/h10-17,20,23-29,37-38,51H,7-9,18-19,21-22H2,1-6H3/t37-,38-/m0/s1. The summed E-state index contributed by atoms with van der Waals surface area (Å²) in [6.07, 6.45) is 11.6. The topological polar surface area (TPSA) is 105 Å². The number of carbonyl (C=O) groups excluding carboxylic acids is 2. The molecule has 2 atom stereocenters. The number of anilines is 1. The Bertz CT molecular complexity index is 2350. The predicted molar refractivity (Wildman–Crippen MR) is 231 cm³/mol. The van der Waals surface area contributed by atoms with E-state index in [9.17, 15) is 9.59 Å². The number of aryl methyl sites for hydroxylation is 2. The Balaban J connectivity index is 0.830. The van der Waals surface area contributed by atoms with Gasteiger partial charge < -0.3 is 29.3 Å². The van der Waals surface area contributed by atoms with Crippen molar-refractivity contribution in [2.45, 2.75) is 84.3 Å². The summed E-state index contributed by atoms with van der Waals surface area (Å²) in [6.45, 7) is 11.5. The summed E-state index contributed by atoms with van der Waals surface area (Å²) >= 11 is 0. The Hall–Kier alpha value is -6.16. The molecule has 0 saturated heterocycles. The highest BCUT2D eigenvalue weighted by atomic mass is 16.5.